The third kappa shape index (κ3) is 5.53. The minimum atomic E-state index is -0.267. The number of hydrogen-bond donors (Lipinski definition) is 1. The number of halogens is 1. The number of benzene rings is 2. The lowest BCUT2D eigenvalue weighted by molar-refractivity contribution is 0.133. The Morgan fingerprint density at radius 2 is 1.92 bits per heavy atom. The van der Waals surface area contributed by atoms with Gasteiger partial charge in [0, 0.05) is 37.8 Å². The first-order chi connectivity index (χ1) is 18.9. The average Bonchev–Trinajstić information content (AvgIpc) is 3.43. The quantitative estimate of drug-likeness (QED) is 0.374. The first-order valence-corrected chi connectivity index (χ1v) is 14.2. The van der Waals surface area contributed by atoms with Crippen molar-refractivity contribution in [2.75, 3.05) is 26.3 Å². The third-order valence-electron chi connectivity index (χ3n) is 8.08. The molecule has 39 heavy (non-hydrogen) atoms. The maximum atomic E-state index is 12.6. The number of allylic oxidation sites excluding steroid dienone is 1. The lowest BCUT2D eigenvalue weighted by atomic mass is 9.87. The van der Waals surface area contributed by atoms with Gasteiger partial charge in [-0.25, -0.2) is 4.98 Å². The molecule has 0 unspecified atom stereocenters. The van der Waals surface area contributed by atoms with Crippen LogP contribution in [-0.2, 0) is 12.8 Å². The van der Waals surface area contributed by atoms with Crippen molar-refractivity contribution < 1.29 is 19.0 Å². The van der Waals surface area contributed by atoms with E-state index in [1.807, 2.05) is 18.3 Å². The zero-order chi connectivity index (χ0) is 27.0. The molecule has 0 amide bonds. The van der Waals surface area contributed by atoms with Gasteiger partial charge in [-0.2, -0.15) is 0 Å². The monoisotopic (exact) mass is 528 g/mol. The third-order valence-corrected chi connectivity index (χ3v) is 8.08. The molecule has 0 spiro atoms. The molecule has 3 aromatic rings. The number of fused-ring (bicyclic) bond motifs is 2. The van der Waals surface area contributed by atoms with Crippen molar-refractivity contribution in [1.29, 1.82) is 0 Å². The molecule has 204 valence electrons. The van der Waals surface area contributed by atoms with Gasteiger partial charge in [0.2, 0.25) is 5.88 Å². The number of pyridine rings is 1. The fourth-order valence-corrected chi connectivity index (χ4v) is 6.30. The highest BCUT2D eigenvalue weighted by molar-refractivity contribution is 6.00. The normalized spacial score (nSPS) is 20.3. The maximum Gasteiger partial charge on any atom is 0.217 e. The second-order valence-corrected chi connectivity index (χ2v) is 11.7. The smallest absolute Gasteiger partial charge is 0.217 e. The van der Waals surface area contributed by atoms with Crippen molar-refractivity contribution in [2.24, 2.45) is 0 Å². The van der Waals surface area contributed by atoms with E-state index in [1.165, 1.54) is 16.7 Å². The van der Waals surface area contributed by atoms with E-state index in [0.717, 1.165) is 85.6 Å². The van der Waals surface area contributed by atoms with Crippen LogP contribution in [0.25, 0.3) is 11.1 Å². The Labute approximate surface area is 230 Å². The summed E-state index contributed by atoms with van der Waals surface area (Å²) in [6, 6.07) is 16.4. The second-order valence-electron chi connectivity index (χ2n) is 11.7. The number of phenolic OH excluding ortho intramolecular Hbond substituents is 1. The van der Waals surface area contributed by atoms with E-state index < -0.39 is 0 Å². The summed E-state index contributed by atoms with van der Waals surface area (Å²) in [5, 5.41) is 10.2. The van der Waals surface area contributed by atoms with Gasteiger partial charge in [-0.15, -0.1) is 0 Å². The largest absolute Gasteiger partial charge is 0.508 e. The van der Waals surface area contributed by atoms with E-state index in [0.29, 0.717) is 12.2 Å². The summed E-state index contributed by atoms with van der Waals surface area (Å²) in [6.45, 7) is 6.54. The summed E-state index contributed by atoms with van der Waals surface area (Å²) in [5.74, 6) is 1.90. The molecular formula is C33H37FN2O3. The molecule has 1 N–H and O–H groups in total. The van der Waals surface area contributed by atoms with Crippen molar-refractivity contribution >= 4 is 11.1 Å². The molecule has 2 aliphatic heterocycles. The molecule has 0 radical (unpaired) electrons. The lowest BCUT2D eigenvalue weighted by Crippen LogP contribution is -2.26. The van der Waals surface area contributed by atoms with Gasteiger partial charge >= 0.3 is 0 Å². The van der Waals surface area contributed by atoms with Crippen molar-refractivity contribution in [3.63, 3.8) is 0 Å². The number of ether oxygens (including phenoxy) is 2. The van der Waals surface area contributed by atoms with Crippen LogP contribution >= 0.6 is 0 Å². The van der Waals surface area contributed by atoms with E-state index in [-0.39, 0.29) is 18.4 Å². The number of alkyl halides is 1. The molecule has 0 bridgehead atoms. The molecule has 6 rings (SSSR count). The van der Waals surface area contributed by atoms with Crippen molar-refractivity contribution in [1.82, 2.24) is 9.88 Å². The van der Waals surface area contributed by atoms with Crippen LogP contribution in [0.4, 0.5) is 4.39 Å². The summed E-state index contributed by atoms with van der Waals surface area (Å²) in [7, 11) is 0. The van der Waals surface area contributed by atoms with Gasteiger partial charge in [0.05, 0.1) is 6.67 Å². The molecule has 1 atom stereocenters. The van der Waals surface area contributed by atoms with Crippen LogP contribution in [-0.4, -0.2) is 53.0 Å². The van der Waals surface area contributed by atoms with E-state index in [9.17, 15) is 9.50 Å². The Balaban J connectivity index is 1.34. The van der Waals surface area contributed by atoms with Gasteiger partial charge in [0.1, 0.15) is 23.2 Å². The number of aromatic hydroxyl groups is 1. The highest BCUT2D eigenvalue weighted by Gasteiger charge is 2.32. The standard InChI is InChI=1S/C33H37FN2O3/c1-33(2)19-24-17-25(20-35-32(24)39-33)29-6-3-5-23-18-26(37)9-12-30(23)31(29)22-7-10-27(11-8-22)38-28-13-16-36(21-28)15-4-14-34/h7-12,17-18,20,28,37H,3-6,13-16,19,21H2,1-2H3/t28-/m0/s1. The Morgan fingerprint density at radius 3 is 2.74 bits per heavy atom. The summed E-state index contributed by atoms with van der Waals surface area (Å²) in [6.07, 6.45) is 7.31. The van der Waals surface area contributed by atoms with Crippen molar-refractivity contribution in [2.45, 2.75) is 64.1 Å². The van der Waals surface area contributed by atoms with Gasteiger partial charge in [-0.1, -0.05) is 18.2 Å². The predicted molar refractivity (Wildman–Crippen MR) is 152 cm³/mol. The summed E-state index contributed by atoms with van der Waals surface area (Å²) in [5.41, 5.74) is 7.95. The van der Waals surface area contributed by atoms with E-state index in [4.69, 9.17) is 14.5 Å². The van der Waals surface area contributed by atoms with Crippen LogP contribution in [0, 0.1) is 0 Å². The first-order valence-electron chi connectivity index (χ1n) is 14.2. The molecule has 3 heterocycles. The first kappa shape index (κ1) is 25.9. The minimum absolute atomic E-state index is 0.135. The van der Waals surface area contributed by atoms with Gasteiger partial charge in [0.15, 0.2) is 0 Å². The molecular weight excluding hydrogens is 491 g/mol. The summed E-state index contributed by atoms with van der Waals surface area (Å²) in [4.78, 5) is 7.00. The van der Waals surface area contributed by atoms with E-state index in [1.54, 1.807) is 6.07 Å². The molecule has 0 saturated carbocycles. The highest BCUT2D eigenvalue weighted by Crippen LogP contribution is 2.43. The molecule has 1 fully saturated rings. The molecule has 6 heteroatoms. The van der Waals surface area contributed by atoms with E-state index in [2.05, 4.69) is 49.1 Å². The van der Waals surface area contributed by atoms with Gasteiger partial charge in [-0.3, -0.25) is 9.29 Å². The molecule has 1 aliphatic carbocycles. The van der Waals surface area contributed by atoms with Gasteiger partial charge in [0.25, 0.3) is 0 Å². The Bertz CT molecular complexity index is 1380. The molecule has 3 aliphatic rings. The zero-order valence-corrected chi connectivity index (χ0v) is 22.9. The Kier molecular flexibility index (Phi) is 7.06. The molecule has 2 aromatic carbocycles. The van der Waals surface area contributed by atoms with Crippen molar-refractivity contribution in [3.05, 3.63) is 82.5 Å². The fourth-order valence-electron chi connectivity index (χ4n) is 6.30. The van der Waals surface area contributed by atoms with Crippen LogP contribution < -0.4 is 9.47 Å². The zero-order valence-electron chi connectivity index (χ0n) is 22.9. The predicted octanol–water partition coefficient (Wildman–Crippen LogP) is 6.61. The topological polar surface area (TPSA) is 54.8 Å². The number of aryl methyl sites for hydroxylation is 1. The fraction of sp³-hybridized carbons (Fsp3) is 0.424. The van der Waals surface area contributed by atoms with Crippen LogP contribution in [0.1, 0.15) is 67.3 Å². The number of aromatic nitrogens is 1. The summed E-state index contributed by atoms with van der Waals surface area (Å²) >= 11 is 0. The Morgan fingerprint density at radius 1 is 1.08 bits per heavy atom. The molecule has 1 aromatic heterocycles. The number of likely N-dealkylation sites (tertiary alicyclic amines) is 1. The number of nitrogens with zero attached hydrogens (tertiary/aromatic N) is 2. The lowest BCUT2D eigenvalue weighted by Gasteiger charge is -2.19. The number of hydrogen-bond acceptors (Lipinski definition) is 5. The van der Waals surface area contributed by atoms with Crippen LogP contribution in [0.3, 0.4) is 0 Å². The van der Waals surface area contributed by atoms with Crippen LogP contribution in [0.5, 0.6) is 17.4 Å². The molecule has 1 saturated heterocycles. The van der Waals surface area contributed by atoms with Gasteiger partial charge < -0.3 is 14.6 Å². The van der Waals surface area contributed by atoms with Crippen LogP contribution in [0.2, 0.25) is 0 Å². The minimum Gasteiger partial charge on any atom is -0.508 e. The summed E-state index contributed by atoms with van der Waals surface area (Å²) < 4.78 is 24.9. The SMILES string of the molecule is CC1(C)Cc2cc(C3=C(c4ccc(O[C@H]5CCN(CCCF)C5)cc4)c4ccc(O)cc4CCC3)cnc2O1. The van der Waals surface area contributed by atoms with Crippen molar-refractivity contribution in [3.8, 4) is 17.4 Å². The highest BCUT2D eigenvalue weighted by atomic mass is 19.1. The number of rotatable bonds is 7. The van der Waals surface area contributed by atoms with Gasteiger partial charge in [-0.05, 0) is 110 Å². The number of phenols is 1. The Hall–Kier alpha value is -3.38. The van der Waals surface area contributed by atoms with E-state index >= 15 is 0 Å². The second kappa shape index (κ2) is 10.6. The average molecular weight is 529 g/mol. The molecule has 5 nitrogen and oxygen atoms in total. The maximum absolute atomic E-state index is 12.6. The van der Waals surface area contributed by atoms with Crippen LogP contribution in [0.15, 0.2) is 54.7 Å².